The van der Waals surface area contributed by atoms with E-state index in [1.54, 1.807) is 6.92 Å². The van der Waals surface area contributed by atoms with Crippen molar-refractivity contribution in [3.05, 3.63) is 35.3 Å². The predicted octanol–water partition coefficient (Wildman–Crippen LogP) is 1.97. The van der Waals surface area contributed by atoms with Crippen LogP contribution in [0, 0.1) is 11.7 Å². The summed E-state index contributed by atoms with van der Waals surface area (Å²) in [5, 5.41) is 9.88. The molecule has 7 nitrogen and oxygen atoms in total. The summed E-state index contributed by atoms with van der Waals surface area (Å²) in [6, 6.07) is 0.631. The first kappa shape index (κ1) is 19.8. The van der Waals surface area contributed by atoms with Crippen LogP contribution in [0.1, 0.15) is 31.4 Å². The van der Waals surface area contributed by atoms with E-state index in [4.69, 9.17) is 10.5 Å². The SMILES string of the molecule is CC1C(=O)Oc2cc(F)cc3c2N1C=C(C(=O)O)C3N1CC[C@H](CCF)[C@@H](N)C1. The monoisotopic (exact) mass is 407 g/mol. The third-order valence-electron chi connectivity index (χ3n) is 6.09. The van der Waals surface area contributed by atoms with E-state index >= 15 is 0 Å². The van der Waals surface area contributed by atoms with Gasteiger partial charge in [-0.05, 0) is 38.3 Å². The Labute approximate surface area is 166 Å². The molecule has 1 saturated heterocycles. The van der Waals surface area contributed by atoms with Crippen molar-refractivity contribution >= 4 is 17.6 Å². The lowest BCUT2D eigenvalue weighted by Crippen LogP contribution is -2.52. The number of nitrogens with zero attached hydrogens (tertiary/aromatic N) is 2. The van der Waals surface area contributed by atoms with Gasteiger partial charge >= 0.3 is 11.9 Å². The Morgan fingerprint density at radius 2 is 2.17 bits per heavy atom. The molecule has 3 heterocycles. The van der Waals surface area contributed by atoms with Crippen LogP contribution in [-0.4, -0.2) is 53.8 Å². The number of aliphatic carboxylic acids is 1. The van der Waals surface area contributed by atoms with Gasteiger partial charge in [0.1, 0.15) is 11.9 Å². The highest BCUT2D eigenvalue weighted by atomic mass is 19.1. The van der Waals surface area contributed by atoms with Crippen molar-refractivity contribution in [2.45, 2.75) is 37.9 Å². The number of esters is 1. The van der Waals surface area contributed by atoms with Gasteiger partial charge in [-0.15, -0.1) is 0 Å². The van der Waals surface area contributed by atoms with E-state index in [2.05, 4.69) is 0 Å². The van der Waals surface area contributed by atoms with Crippen molar-refractivity contribution < 1.29 is 28.2 Å². The zero-order chi connectivity index (χ0) is 20.9. The van der Waals surface area contributed by atoms with E-state index < -0.39 is 36.5 Å². The van der Waals surface area contributed by atoms with Crippen LogP contribution in [0.2, 0.25) is 0 Å². The van der Waals surface area contributed by atoms with E-state index in [1.165, 1.54) is 17.2 Å². The van der Waals surface area contributed by atoms with Crippen molar-refractivity contribution in [3.8, 4) is 5.75 Å². The molecule has 3 aliphatic heterocycles. The second kappa shape index (κ2) is 7.38. The molecule has 9 heteroatoms. The number of hydrogen-bond acceptors (Lipinski definition) is 6. The maximum absolute atomic E-state index is 14.4. The van der Waals surface area contributed by atoms with Gasteiger partial charge in [-0.3, -0.25) is 9.29 Å². The number of ether oxygens (including phenoxy) is 1. The van der Waals surface area contributed by atoms with E-state index in [-0.39, 0.29) is 23.3 Å². The summed E-state index contributed by atoms with van der Waals surface area (Å²) in [4.78, 5) is 27.7. The van der Waals surface area contributed by atoms with Crippen LogP contribution in [-0.2, 0) is 9.59 Å². The molecule has 1 aromatic rings. The van der Waals surface area contributed by atoms with Crippen molar-refractivity contribution in [2.24, 2.45) is 11.7 Å². The number of piperidine rings is 1. The zero-order valence-electron chi connectivity index (χ0n) is 16.0. The summed E-state index contributed by atoms with van der Waals surface area (Å²) in [5.41, 5.74) is 7.19. The lowest BCUT2D eigenvalue weighted by Gasteiger charge is -2.46. The third-order valence-corrected chi connectivity index (χ3v) is 6.09. The first-order chi connectivity index (χ1) is 13.8. The molecule has 0 radical (unpaired) electrons. The highest BCUT2D eigenvalue weighted by Gasteiger charge is 2.44. The van der Waals surface area contributed by atoms with Crippen molar-refractivity contribution in [1.29, 1.82) is 0 Å². The number of carbonyl (C=O) groups is 2. The van der Waals surface area contributed by atoms with Crippen LogP contribution in [0.4, 0.5) is 14.5 Å². The Kier molecular flexibility index (Phi) is 5.04. The molecular weight excluding hydrogens is 384 g/mol. The number of carboxylic acid groups (broad SMARTS) is 1. The molecule has 0 amide bonds. The van der Waals surface area contributed by atoms with Gasteiger partial charge in [0.15, 0.2) is 5.75 Å². The van der Waals surface area contributed by atoms with Crippen LogP contribution in [0.5, 0.6) is 5.75 Å². The van der Waals surface area contributed by atoms with E-state index in [0.717, 1.165) is 6.07 Å². The Morgan fingerprint density at radius 3 is 2.83 bits per heavy atom. The molecule has 0 bridgehead atoms. The molecule has 4 atom stereocenters. The summed E-state index contributed by atoms with van der Waals surface area (Å²) in [7, 11) is 0. The summed E-state index contributed by atoms with van der Waals surface area (Å²) >= 11 is 0. The van der Waals surface area contributed by atoms with E-state index in [1.807, 2.05) is 4.90 Å². The molecule has 2 unspecified atom stereocenters. The lowest BCUT2D eigenvalue weighted by atomic mass is 9.85. The second-order valence-electron chi connectivity index (χ2n) is 7.82. The van der Waals surface area contributed by atoms with Crippen LogP contribution in [0.3, 0.4) is 0 Å². The fraction of sp³-hybridized carbons (Fsp3) is 0.500. The van der Waals surface area contributed by atoms with Crippen molar-refractivity contribution in [2.75, 3.05) is 24.7 Å². The Morgan fingerprint density at radius 1 is 1.41 bits per heavy atom. The number of anilines is 1. The smallest absolute Gasteiger partial charge is 0.335 e. The molecule has 0 aliphatic carbocycles. The maximum atomic E-state index is 14.4. The largest absolute Gasteiger partial charge is 0.478 e. The zero-order valence-corrected chi connectivity index (χ0v) is 16.0. The summed E-state index contributed by atoms with van der Waals surface area (Å²) in [5.74, 6) is -2.25. The molecule has 3 N–H and O–H groups in total. The van der Waals surface area contributed by atoms with Gasteiger partial charge in [0, 0.05) is 30.4 Å². The molecule has 0 spiro atoms. The molecule has 0 aromatic heterocycles. The molecular formula is C20H23F2N3O4. The topological polar surface area (TPSA) is 96.1 Å². The Balaban J connectivity index is 1.79. The molecule has 156 valence electrons. The highest BCUT2D eigenvalue weighted by Crippen LogP contribution is 2.48. The first-order valence-electron chi connectivity index (χ1n) is 9.66. The van der Waals surface area contributed by atoms with Crippen molar-refractivity contribution in [3.63, 3.8) is 0 Å². The number of benzene rings is 1. The number of nitrogens with two attached hydrogens (primary N) is 1. The second-order valence-corrected chi connectivity index (χ2v) is 7.82. The minimum Gasteiger partial charge on any atom is -0.478 e. The first-order valence-corrected chi connectivity index (χ1v) is 9.66. The number of rotatable bonds is 4. The van der Waals surface area contributed by atoms with Crippen LogP contribution >= 0.6 is 0 Å². The van der Waals surface area contributed by atoms with E-state index in [0.29, 0.717) is 37.2 Å². The molecule has 4 rings (SSSR count). The van der Waals surface area contributed by atoms with Crippen LogP contribution in [0.25, 0.3) is 0 Å². The number of carboxylic acids is 1. The number of halogens is 2. The molecule has 1 aromatic carbocycles. The fourth-order valence-corrected chi connectivity index (χ4v) is 4.58. The molecule has 0 saturated carbocycles. The van der Waals surface area contributed by atoms with Gasteiger partial charge in [0.25, 0.3) is 0 Å². The van der Waals surface area contributed by atoms with Gasteiger partial charge in [-0.25, -0.2) is 14.0 Å². The molecule has 29 heavy (non-hydrogen) atoms. The number of hydrogen-bond donors (Lipinski definition) is 2. The molecule has 3 aliphatic rings. The minimum absolute atomic E-state index is 0.0241. The standard InChI is InChI=1S/C20H23F2N3O4/c1-10-20(28)29-16-7-12(22)6-13-17(14(19(26)27)8-25(10)18(13)16)24-5-3-11(2-4-21)15(23)9-24/h6-8,10-11,15,17H,2-5,9,23H2,1H3,(H,26,27)/t10?,11-,15-,17?/m0/s1. The average Bonchev–Trinajstić information content (AvgIpc) is 2.66. The van der Waals surface area contributed by atoms with Gasteiger partial charge < -0.3 is 20.5 Å². The van der Waals surface area contributed by atoms with Gasteiger partial charge in [-0.2, -0.15) is 0 Å². The van der Waals surface area contributed by atoms with Crippen LogP contribution < -0.4 is 15.4 Å². The van der Waals surface area contributed by atoms with Crippen LogP contribution in [0.15, 0.2) is 23.9 Å². The third kappa shape index (κ3) is 3.28. The Bertz CT molecular complexity index is 891. The summed E-state index contributed by atoms with van der Waals surface area (Å²) in [6.07, 6.45) is 2.43. The lowest BCUT2D eigenvalue weighted by molar-refractivity contribution is -0.137. The molecule has 1 fully saturated rings. The Hall–Kier alpha value is -2.52. The minimum atomic E-state index is -1.16. The number of likely N-dealkylation sites (tertiary alicyclic amines) is 1. The maximum Gasteiger partial charge on any atom is 0.335 e. The van der Waals surface area contributed by atoms with Gasteiger partial charge in [0.05, 0.1) is 24.0 Å². The summed E-state index contributed by atoms with van der Waals surface area (Å²) in [6.45, 7) is 2.03. The quantitative estimate of drug-likeness (QED) is 0.582. The number of alkyl halides is 1. The normalized spacial score (nSPS) is 29.2. The van der Waals surface area contributed by atoms with Gasteiger partial charge in [0.2, 0.25) is 0 Å². The van der Waals surface area contributed by atoms with E-state index in [9.17, 15) is 23.5 Å². The van der Waals surface area contributed by atoms with Gasteiger partial charge in [-0.1, -0.05) is 0 Å². The average molecular weight is 407 g/mol. The summed E-state index contributed by atoms with van der Waals surface area (Å²) < 4.78 is 32.4. The fourth-order valence-electron chi connectivity index (χ4n) is 4.58. The number of carbonyl (C=O) groups excluding carboxylic acids is 1. The predicted molar refractivity (Wildman–Crippen MR) is 101 cm³/mol. The van der Waals surface area contributed by atoms with Crippen molar-refractivity contribution in [1.82, 2.24) is 4.90 Å². The highest BCUT2D eigenvalue weighted by molar-refractivity contribution is 5.96.